The zero-order valence-corrected chi connectivity index (χ0v) is 14.8. The van der Waals surface area contributed by atoms with E-state index in [0.29, 0.717) is 17.2 Å². The number of rotatable bonds is 5. The van der Waals surface area contributed by atoms with Gasteiger partial charge in [-0.2, -0.15) is 0 Å². The van der Waals surface area contributed by atoms with Crippen molar-refractivity contribution >= 4 is 11.6 Å². The number of hydrogen-bond donors (Lipinski definition) is 1. The lowest BCUT2D eigenvalue weighted by Crippen LogP contribution is -2.15. The summed E-state index contributed by atoms with van der Waals surface area (Å²) in [7, 11) is 3.15. The number of benzene rings is 3. The molecule has 0 saturated carbocycles. The molecular formula is C21H17F2NO3. The second-order valence-electron chi connectivity index (χ2n) is 5.69. The summed E-state index contributed by atoms with van der Waals surface area (Å²) in [6.45, 7) is 0. The van der Waals surface area contributed by atoms with Gasteiger partial charge in [-0.3, -0.25) is 4.79 Å². The number of amides is 1. The third-order valence-corrected chi connectivity index (χ3v) is 4.05. The van der Waals surface area contributed by atoms with Crippen LogP contribution in [0, 0.1) is 11.6 Å². The molecule has 0 fully saturated rings. The highest BCUT2D eigenvalue weighted by Crippen LogP contribution is 2.34. The smallest absolute Gasteiger partial charge is 0.261 e. The van der Waals surface area contributed by atoms with Crippen LogP contribution in [0.3, 0.4) is 0 Å². The number of carbonyl (C=O) groups is 1. The van der Waals surface area contributed by atoms with Crippen LogP contribution in [-0.4, -0.2) is 20.1 Å². The fourth-order valence-corrected chi connectivity index (χ4v) is 2.68. The van der Waals surface area contributed by atoms with E-state index in [4.69, 9.17) is 9.47 Å². The van der Waals surface area contributed by atoms with Crippen LogP contribution in [0.5, 0.6) is 11.5 Å². The van der Waals surface area contributed by atoms with E-state index in [0.717, 1.165) is 23.3 Å². The molecule has 0 atom stereocenters. The molecule has 0 unspecified atom stereocenters. The van der Waals surface area contributed by atoms with Crippen LogP contribution in [0.2, 0.25) is 0 Å². The molecule has 6 heteroatoms. The molecule has 0 aliphatic rings. The SMILES string of the molecule is COc1ccc(OC)c(-c2ccc(NC(=O)c3c(F)cccc3F)cc2)c1. The van der Waals surface area contributed by atoms with Gasteiger partial charge in [0.15, 0.2) is 0 Å². The number of carbonyl (C=O) groups excluding carboxylic acids is 1. The van der Waals surface area contributed by atoms with Gasteiger partial charge in [-0.05, 0) is 48.0 Å². The van der Waals surface area contributed by atoms with Crippen LogP contribution in [0.25, 0.3) is 11.1 Å². The maximum atomic E-state index is 13.7. The molecule has 1 N–H and O–H groups in total. The van der Waals surface area contributed by atoms with Crippen LogP contribution in [0.15, 0.2) is 60.7 Å². The predicted octanol–water partition coefficient (Wildman–Crippen LogP) is 4.90. The van der Waals surface area contributed by atoms with Crippen molar-refractivity contribution in [1.82, 2.24) is 0 Å². The van der Waals surface area contributed by atoms with Gasteiger partial charge in [0.25, 0.3) is 5.91 Å². The first-order valence-electron chi connectivity index (χ1n) is 8.11. The van der Waals surface area contributed by atoms with Gasteiger partial charge >= 0.3 is 0 Å². The lowest BCUT2D eigenvalue weighted by Gasteiger charge is -2.12. The van der Waals surface area contributed by atoms with E-state index < -0.39 is 23.1 Å². The number of nitrogens with one attached hydrogen (secondary N) is 1. The Labute approximate surface area is 155 Å². The third-order valence-electron chi connectivity index (χ3n) is 4.05. The van der Waals surface area contributed by atoms with E-state index in [2.05, 4.69) is 5.32 Å². The monoisotopic (exact) mass is 369 g/mol. The second-order valence-corrected chi connectivity index (χ2v) is 5.69. The van der Waals surface area contributed by atoms with E-state index in [1.807, 2.05) is 6.07 Å². The molecule has 4 nitrogen and oxygen atoms in total. The van der Waals surface area contributed by atoms with Gasteiger partial charge in [0, 0.05) is 11.3 Å². The van der Waals surface area contributed by atoms with Gasteiger partial charge in [0.1, 0.15) is 28.7 Å². The first kappa shape index (κ1) is 18.4. The van der Waals surface area contributed by atoms with Gasteiger partial charge in [0.05, 0.1) is 14.2 Å². The van der Waals surface area contributed by atoms with Crippen LogP contribution < -0.4 is 14.8 Å². The lowest BCUT2D eigenvalue weighted by molar-refractivity contribution is 0.101. The minimum absolute atomic E-state index is 0.410. The normalized spacial score (nSPS) is 10.4. The maximum absolute atomic E-state index is 13.7. The molecule has 0 aliphatic heterocycles. The van der Waals surface area contributed by atoms with Gasteiger partial charge in [-0.15, -0.1) is 0 Å². The third kappa shape index (κ3) is 3.89. The largest absolute Gasteiger partial charge is 0.497 e. The molecule has 0 radical (unpaired) electrons. The van der Waals surface area contributed by atoms with Gasteiger partial charge in [0.2, 0.25) is 0 Å². The molecule has 0 aromatic heterocycles. The Morgan fingerprint density at radius 2 is 1.56 bits per heavy atom. The Morgan fingerprint density at radius 3 is 2.15 bits per heavy atom. The van der Waals surface area contributed by atoms with Crippen molar-refractivity contribution in [2.24, 2.45) is 0 Å². The molecular weight excluding hydrogens is 352 g/mol. The van der Waals surface area contributed by atoms with E-state index in [9.17, 15) is 13.6 Å². The summed E-state index contributed by atoms with van der Waals surface area (Å²) >= 11 is 0. The first-order valence-corrected chi connectivity index (χ1v) is 8.11. The summed E-state index contributed by atoms with van der Waals surface area (Å²) in [5.41, 5.74) is 1.44. The lowest BCUT2D eigenvalue weighted by atomic mass is 10.0. The van der Waals surface area contributed by atoms with Crippen molar-refractivity contribution in [3.63, 3.8) is 0 Å². The van der Waals surface area contributed by atoms with Crippen molar-refractivity contribution in [2.75, 3.05) is 19.5 Å². The number of anilines is 1. The van der Waals surface area contributed by atoms with E-state index in [-0.39, 0.29) is 0 Å². The zero-order valence-electron chi connectivity index (χ0n) is 14.8. The Hall–Kier alpha value is -3.41. The van der Waals surface area contributed by atoms with Gasteiger partial charge < -0.3 is 14.8 Å². The van der Waals surface area contributed by atoms with Crippen molar-refractivity contribution in [3.8, 4) is 22.6 Å². The Balaban J connectivity index is 1.85. The number of ether oxygens (including phenoxy) is 2. The molecule has 1 amide bonds. The zero-order chi connectivity index (χ0) is 19.4. The van der Waals surface area contributed by atoms with Crippen molar-refractivity contribution in [1.29, 1.82) is 0 Å². The Bertz CT molecular complexity index is 951. The van der Waals surface area contributed by atoms with Crippen LogP contribution in [0.1, 0.15) is 10.4 Å². The highest BCUT2D eigenvalue weighted by atomic mass is 19.1. The second kappa shape index (κ2) is 7.86. The summed E-state index contributed by atoms with van der Waals surface area (Å²) in [5, 5.41) is 2.49. The molecule has 138 valence electrons. The summed E-state index contributed by atoms with van der Waals surface area (Å²) in [6.07, 6.45) is 0. The number of hydrogen-bond acceptors (Lipinski definition) is 3. The van der Waals surface area contributed by atoms with Gasteiger partial charge in [-0.25, -0.2) is 8.78 Å². The minimum atomic E-state index is -0.912. The van der Waals surface area contributed by atoms with Crippen molar-refractivity contribution in [3.05, 3.63) is 77.9 Å². The molecule has 0 bridgehead atoms. The average Bonchev–Trinajstić information content (AvgIpc) is 2.68. The van der Waals surface area contributed by atoms with Crippen molar-refractivity contribution in [2.45, 2.75) is 0 Å². The van der Waals surface area contributed by atoms with Crippen molar-refractivity contribution < 1.29 is 23.0 Å². The highest BCUT2D eigenvalue weighted by Gasteiger charge is 2.17. The van der Waals surface area contributed by atoms with E-state index in [1.54, 1.807) is 50.6 Å². The minimum Gasteiger partial charge on any atom is -0.497 e. The Kier molecular flexibility index (Phi) is 5.35. The molecule has 27 heavy (non-hydrogen) atoms. The summed E-state index contributed by atoms with van der Waals surface area (Å²) in [6, 6.07) is 15.5. The first-order chi connectivity index (χ1) is 13.0. The predicted molar refractivity (Wildman–Crippen MR) is 99.3 cm³/mol. The van der Waals surface area contributed by atoms with E-state index in [1.165, 1.54) is 6.07 Å². The summed E-state index contributed by atoms with van der Waals surface area (Å²) < 4.78 is 38.0. The average molecular weight is 369 g/mol. The molecule has 0 spiro atoms. The van der Waals surface area contributed by atoms with Crippen LogP contribution in [0.4, 0.5) is 14.5 Å². The quantitative estimate of drug-likeness (QED) is 0.696. The fourth-order valence-electron chi connectivity index (χ4n) is 2.68. The summed E-state index contributed by atoms with van der Waals surface area (Å²) in [5.74, 6) is -1.33. The highest BCUT2D eigenvalue weighted by molar-refractivity contribution is 6.04. The molecule has 3 rings (SSSR count). The van der Waals surface area contributed by atoms with E-state index >= 15 is 0 Å². The maximum Gasteiger partial charge on any atom is 0.261 e. The van der Waals surface area contributed by atoms with Crippen LogP contribution in [-0.2, 0) is 0 Å². The van der Waals surface area contributed by atoms with Gasteiger partial charge in [-0.1, -0.05) is 18.2 Å². The molecule has 0 aliphatic carbocycles. The number of halogens is 2. The number of methoxy groups -OCH3 is 2. The molecule has 3 aromatic carbocycles. The summed E-state index contributed by atoms with van der Waals surface area (Å²) in [4.78, 5) is 12.2. The topological polar surface area (TPSA) is 47.6 Å². The molecule has 0 saturated heterocycles. The molecule has 3 aromatic rings. The molecule has 0 heterocycles. The Morgan fingerprint density at radius 1 is 0.889 bits per heavy atom. The fraction of sp³-hybridized carbons (Fsp3) is 0.0952. The standard InChI is InChI=1S/C21H17F2NO3/c1-26-15-10-11-19(27-2)16(12-15)13-6-8-14(9-7-13)24-21(25)20-17(22)4-3-5-18(20)23/h3-12H,1-2H3,(H,24,25). The van der Waals surface area contributed by atoms with Crippen LogP contribution >= 0.6 is 0 Å².